The smallest absolute Gasteiger partial charge is 0.0488 e. The van der Waals surface area contributed by atoms with Gasteiger partial charge in [0, 0.05) is 22.7 Å². The molecule has 0 N–H and O–H groups in total. The SMILES string of the molecule is CC(C)(C)c1ccc2cc(C(C)(C)C)n(C3CC3)c2c1. The highest BCUT2D eigenvalue weighted by Crippen LogP contribution is 2.43. The van der Waals surface area contributed by atoms with Gasteiger partial charge in [0.25, 0.3) is 0 Å². The van der Waals surface area contributed by atoms with Gasteiger partial charge >= 0.3 is 0 Å². The van der Waals surface area contributed by atoms with Gasteiger partial charge in [-0.1, -0.05) is 53.7 Å². The van der Waals surface area contributed by atoms with Crippen LogP contribution in [0.15, 0.2) is 24.3 Å². The molecule has 0 spiro atoms. The van der Waals surface area contributed by atoms with Crippen LogP contribution in [-0.4, -0.2) is 4.57 Å². The summed E-state index contributed by atoms with van der Waals surface area (Å²) < 4.78 is 2.62. The maximum absolute atomic E-state index is 2.62. The van der Waals surface area contributed by atoms with Crippen molar-refractivity contribution in [2.75, 3.05) is 0 Å². The summed E-state index contributed by atoms with van der Waals surface area (Å²) in [6, 6.07) is 10.2. The summed E-state index contributed by atoms with van der Waals surface area (Å²) in [7, 11) is 0. The molecule has 1 heterocycles. The van der Waals surface area contributed by atoms with Crippen LogP contribution in [-0.2, 0) is 10.8 Å². The van der Waals surface area contributed by atoms with Crippen molar-refractivity contribution in [3.63, 3.8) is 0 Å². The Morgan fingerprint density at radius 2 is 1.55 bits per heavy atom. The molecule has 0 radical (unpaired) electrons. The number of aromatic nitrogens is 1. The zero-order valence-corrected chi connectivity index (χ0v) is 13.7. The lowest BCUT2D eigenvalue weighted by atomic mass is 9.87. The first-order chi connectivity index (χ1) is 9.18. The normalized spacial score (nSPS) is 16.9. The van der Waals surface area contributed by atoms with Crippen molar-refractivity contribution in [2.24, 2.45) is 0 Å². The maximum Gasteiger partial charge on any atom is 0.0488 e. The molecule has 3 rings (SSSR count). The van der Waals surface area contributed by atoms with E-state index in [-0.39, 0.29) is 10.8 Å². The summed E-state index contributed by atoms with van der Waals surface area (Å²) >= 11 is 0. The zero-order valence-electron chi connectivity index (χ0n) is 13.7. The third kappa shape index (κ3) is 2.28. The number of nitrogens with zero attached hydrogens (tertiary/aromatic N) is 1. The van der Waals surface area contributed by atoms with Gasteiger partial charge < -0.3 is 4.57 Å². The van der Waals surface area contributed by atoms with E-state index in [2.05, 4.69) is 70.4 Å². The van der Waals surface area contributed by atoms with Crippen LogP contribution in [0.5, 0.6) is 0 Å². The summed E-state index contributed by atoms with van der Waals surface area (Å²) in [4.78, 5) is 0. The Morgan fingerprint density at radius 1 is 0.900 bits per heavy atom. The van der Waals surface area contributed by atoms with Crippen LogP contribution < -0.4 is 0 Å². The van der Waals surface area contributed by atoms with Crippen molar-refractivity contribution in [2.45, 2.75) is 71.3 Å². The number of hydrogen-bond acceptors (Lipinski definition) is 0. The molecule has 0 saturated heterocycles. The molecule has 1 aliphatic rings. The van der Waals surface area contributed by atoms with Gasteiger partial charge in [-0.25, -0.2) is 0 Å². The van der Waals surface area contributed by atoms with E-state index in [0.717, 1.165) is 6.04 Å². The van der Waals surface area contributed by atoms with Crippen LogP contribution in [0.4, 0.5) is 0 Å². The third-order valence-corrected chi connectivity index (χ3v) is 4.39. The first-order valence-electron chi connectivity index (χ1n) is 7.84. The summed E-state index contributed by atoms with van der Waals surface area (Å²) in [5.41, 5.74) is 4.79. The van der Waals surface area contributed by atoms with Crippen LogP contribution in [0.1, 0.15) is 71.7 Å². The highest BCUT2D eigenvalue weighted by atomic mass is 15.1. The topological polar surface area (TPSA) is 4.93 Å². The van der Waals surface area contributed by atoms with Crippen LogP contribution >= 0.6 is 0 Å². The molecule has 1 aromatic heterocycles. The molecular formula is C19H27N. The Labute approximate surface area is 123 Å². The molecule has 1 fully saturated rings. The van der Waals surface area contributed by atoms with E-state index in [0.29, 0.717) is 0 Å². The van der Waals surface area contributed by atoms with Gasteiger partial charge in [0.1, 0.15) is 0 Å². The second kappa shape index (κ2) is 4.13. The summed E-state index contributed by atoms with van der Waals surface area (Å²) in [5, 5.41) is 1.40. The molecule has 1 nitrogen and oxygen atoms in total. The van der Waals surface area contributed by atoms with Crippen LogP contribution in [0.2, 0.25) is 0 Å². The minimum absolute atomic E-state index is 0.212. The predicted molar refractivity (Wildman–Crippen MR) is 87.6 cm³/mol. The monoisotopic (exact) mass is 269 g/mol. The second-order valence-electron chi connectivity index (χ2n) is 8.40. The minimum Gasteiger partial charge on any atom is -0.341 e. The summed E-state index contributed by atoms with van der Waals surface area (Å²) in [6.45, 7) is 13.9. The lowest BCUT2D eigenvalue weighted by Gasteiger charge is -2.23. The quantitative estimate of drug-likeness (QED) is 0.637. The summed E-state index contributed by atoms with van der Waals surface area (Å²) in [5.74, 6) is 0. The molecule has 1 aliphatic carbocycles. The Bertz CT molecular complexity index is 643. The molecule has 2 aromatic rings. The number of hydrogen-bond donors (Lipinski definition) is 0. The molecule has 1 aromatic carbocycles. The molecule has 108 valence electrons. The van der Waals surface area contributed by atoms with E-state index < -0.39 is 0 Å². The molecule has 0 unspecified atom stereocenters. The average molecular weight is 269 g/mol. The van der Waals surface area contributed by atoms with Gasteiger partial charge in [0.15, 0.2) is 0 Å². The average Bonchev–Trinajstić information content (AvgIpc) is 3.06. The molecule has 20 heavy (non-hydrogen) atoms. The third-order valence-electron chi connectivity index (χ3n) is 4.39. The molecule has 1 heteroatoms. The van der Waals surface area contributed by atoms with E-state index in [9.17, 15) is 0 Å². The molecule has 0 aliphatic heterocycles. The van der Waals surface area contributed by atoms with Gasteiger partial charge in [0.05, 0.1) is 0 Å². The van der Waals surface area contributed by atoms with Gasteiger partial charge in [0.2, 0.25) is 0 Å². The molecule has 1 saturated carbocycles. The van der Waals surface area contributed by atoms with Gasteiger partial charge in [-0.2, -0.15) is 0 Å². The Hall–Kier alpha value is -1.24. The van der Waals surface area contributed by atoms with E-state index in [1.165, 1.54) is 35.0 Å². The van der Waals surface area contributed by atoms with Gasteiger partial charge in [-0.3, -0.25) is 0 Å². The van der Waals surface area contributed by atoms with Gasteiger partial charge in [-0.15, -0.1) is 0 Å². The number of benzene rings is 1. The highest BCUT2D eigenvalue weighted by molar-refractivity contribution is 5.83. The Kier molecular flexibility index (Phi) is 2.83. The van der Waals surface area contributed by atoms with E-state index >= 15 is 0 Å². The summed E-state index contributed by atoms with van der Waals surface area (Å²) in [6.07, 6.45) is 2.68. The van der Waals surface area contributed by atoms with Crippen molar-refractivity contribution in [1.29, 1.82) is 0 Å². The number of fused-ring (bicyclic) bond motifs is 1. The van der Waals surface area contributed by atoms with Gasteiger partial charge in [-0.05, 0) is 41.3 Å². The molecule has 0 atom stereocenters. The van der Waals surface area contributed by atoms with E-state index in [1.807, 2.05) is 0 Å². The van der Waals surface area contributed by atoms with E-state index in [4.69, 9.17) is 0 Å². The van der Waals surface area contributed by atoms with Crippen molar-refractivity contribution >= 4 is 10.9 Å². The van der Waals surface area contributed by atoms with Crippen molar-refractivity contribution in [3.05, 3.63) is 35.5 Å². The molecule has 0 bridgehead atoms. The Balaban J connectivity index is 2.26. The standard InChI is InChI=1S/C19H27N/c1-18(2,3)14-8-7-13-11-17(19(4,5)6)20(15-9-10-15)16(13)12-14/h7-8,11-12,15H,9-10H2,1-6H3. The van der Waals surface area contributed by atoms with E-state index in [1.54, 1.807) is 0 Å². The predicted octanol–water partition coefficient (Wildman–Crippen LogP) is 5.57. The van der Waals surface area contributed by atoms with Crippen LogP contribution in [0, 0.1) is 0 Å². The fourth-order valence-corrected chi connectivity index (χ4v) is 2.99. The fourth-order valence-electron chi connectivity index (χ4n) is 2.99. The van der Waals surface area contributed by atoms with Crippen LogP contribution in [0.3, 0.4) is 0 Å². The highest BCUT2D eigenvalue weighted by Gasteiger charge is 2.31. The molecular weight excluding hydrogens is 242 g/mol. The fraction of sp³-hybridized carbons (Fsp3) is 0.579. The van der Waals surface area contributed by atoms with Crippen molar-refractivity contribution in [1.82, 2.24) is 4.57 Å². The number of rotatable bonds is 1. The lowest BCUT2D eigenvalue weighted by molar-refractivity contribution is 0.527. The first kappa shape index (κ1) is 13.7. The minimum atomic E-state index is 0.212. The van der Waals surface area contributed by atoms with Crippen molar-refractivity contribution in [3.8, 4) is 0 Å². The first-order valence-corrected chi connectivity index (χ1v) is 7.84. The maximum atomic E-state index is 2.62. The Morgan fingerprint density at radius 3 is 2.05 bits per heavy atom. The lowest BCUT2D eigenvalue weighted by Crippen LogP contribution is -2.17. The van der Waals surface area contributed by atoms with Crippen LogP contribution in [0.25, 0.3) is 10.9 Å². The zero-order chi connectivity index (χ0) is 14.7. The molecule has 0 amide bonds. The second-order valence-corrected chi connectivity index (χ2v) is 8.40. The largest absolute Gasteiger partial charge is 0.341 e. The van der Waals surface area contributed by atoms with Crippen molar-refractivity contribution < 1.29 is 0 Å².